The number of imidazole rings is 1. The molecule has 2 nitrogen and oxygen atoms in total. The molecule has 0 aromatic carbocycles. The molecule has 0 radical (unpaired) electrons. The maximum absolute atomic E-state index is 4.71. The van der Waals surface area contributed by atoms with E-state index in [1.807, 2.05) is 12.1 Å². The van der Waals surface area contributed by atoms with E-state index in [1.165, 1.54) is 31.4 Å². The molecule has 78 valence electrons. The van der Waals surface area contributed by atoms with Crippen LogP contribution in [0.1, 0.15) is 37.3 Å². The third kappa shape index (κ3) is 1.59. The van der Waals surface area contributed by atoms with Crippen LogP contribution in [0.25, 0.3) is 5.65 Å². The molecule has 2 aromatic heterocycles. The minimum absolute atomic E-state index is 0.691. The zero-order valence-corrected chi connectivity index (χ0v) is 10.1. The smallest absolute Gasteiger partial charge is 0.151 e. The van der Waals surface area contributed by atoms with Gasteiger partial charge in [-0.1, -0.05) is 12.8 Å². The zero-order chi connectivity index (χ0) is 10.3. The number of halogens is 1. The highest BCUT2D eigenvalue weighted by molar-refractivity contribution is 9.10. The Labute approximate surface area is 97.5 Å². The van der Waals surface area contributed by atoms with Gasteiger partial charge in [-0.3, -0.25) is 0 Å². The highest BCUT2D eigenvalue weighted by atomic mass is 79.9. The summed E-state index contributed by atoms with van der Waals surface area (Å²) in [5.74, 6) is 0.691. The number of rotatable bonds is 1. The summed E-state index contributed by atoms with van der Waals surface area (Å²) in [4.78, 5) is 4.71. The Hall–Kier alpha value is -0.830. The lowest BCUT2D eigenvalue weighted by Crippen LogP contribution is -1.91. The van der Waals surface area contributed by atoms with E-state index < -0.39 is 0 Å². The summed E-state index contributed by atoms with van der Waals surface area (Å²) in [6.07, 6.45) is 9.57. The third-order valence-electron chi connectivity index (χ3n) is 3.23. The van der Waals surface area contributed by atoms with Gasteiger partial charge in [0.15, 0.2) is 5.65 Å². The average Bonchev–Trinajstić information content (AvgIpc) is 2.86. The lowest BCUT2D eigenvalue weighted by atomic mass is 10.1. The fraction of sp³-hybridized carbons (Fsp3) is 0.417. The van der Waals surface area contributed by atoms with Crippen molar-refractivity contribution in [2.75, 3.05) is 0 Å². The van der Waals surface area contributed by atoms with Gasteiger partial charge in [-0.05, 0) is 40.9 Å². The van der Waals surface area contributed by atoms with Crippen LogP contribution >= 0.6 is 15.9 Å². The molecule has 0 unspecified atom stereocenters. The van der Waals surface area contributed by atoms with Gasteiger partial charge in [0.2, 0.25) is 0 Å². The molecule has 3 rings (SSSR count). The number of nitrogens with zero attached hydrogens (tertiary/aromatic N) is 2. The van der Waals surface area contributed by atoms with Gasteiger partial charge in [-0.2, -0.15) is 0 Å². The normalized spacial score (nSPS) is 17.7. The fourth-order valence-corrected chi connectivity index (χ4v) is 2.86. The Morgan fingerprint density at radius 1 is 1.33 bits per heavy atom. The van der Waals surface area contributed by atoms with Crippen molar-refractivity contribution < 1.29 is 0 Å². The van der Waals surface area contributed by atoms with Gasteiger partial charge < -0.3 is 4.40 Å². The van der Waals surface area contributed by atoms with Crippen LogP contribution in [0.5, 0.6) is 0 Å². The first-order valence-electron chi connectivity index (χ1n) is 5.48. The number of hydrogen-bond donors (Lipinski definition) is 0. The molecule has 3 heteroatoms. The van der Waals surface area contributed by atoms with Gasteiger partial charge >= 0.3 is 0 Å². The van der Waals surface area contributed by atoms with Crippen molar-refractivity contribution in [1.82, 2.24) is 9.38 Å². The Kier molecular flexibility index (Phi) is 2.28. The molecule has 2 heterocycles. The first kappa shape index (κ1) is 9.40. The van der Waals surface area contributed by atoms with Crippen LogP contribution in [0.2, 0.25) is 0 Å². The molecular weight excluding hydrogens is 252 g/mol. The monoisotopic (exact) mass is 264 g/mol. The Morgan fingerprint density at radius 2 is 2.13 bits per heavy atom. The molecule has 0 N–H and O–H groups in total. The summed E-state index contributed by atoms with van der Waals surface area (Å²) in [7, 11) is 0. The van der Waals surface area contributed by atoms with Gasteiger partial charge in [0.1, 0.15) is 0 Å². The topological polar surface area (TPSA) is 17.3 Å². The Bertz CT molecular complexity index is 483. The first-order valence-corrected chi connectivity index (χ1v) is 6.27. The largest absolute Gasteiger partial charge is 0.306 e. The Balaban J connectivity index is 2.09. The average molecular weight is 265 g/mol. The molecule has 0 bridgehead atoms. The highest BCUT2D eigenvalue weighted by Gasteiger charge is 2.19. The van der Waals surface area contributed by atoms with Crippen molar-refractivity contribution in [3.8, 4) is 0 Å². The molecule has 1 fully saturated rings. The zero-order valence-electron chi connectivity index (χ0n) is 8.49. The summed E-state index contributed by atoms with van der Waals surface area (Å²) in [6.45, 7) is 0. The lowest BCUT2D eigenvalue weighted by molar-refractivity contribution is 0.703. The number of pyridine rings is 1. The maximum Gasteiger partial charge on any atom is 0.151 e. The van der Waals surface area contributed by atoms with Crippen molar-refractivity contribution in [2.45, 2.75) is 31.6 Å². The fourth-order valence-electron chi connectivity index (χ4n) is 2.42. The van der Waals surface area contributed by atoms with Crippen molar-refractivity contribution in [3.63, 3.8) is 0 Å². The minimum atomic E-state index is 0.691. The molecule has 0 atom stereocenters. The van der Waals surface area contributed by atoms with Crippen LogP contribution in [0.3, 0.4) is 0 Å². The van der Waals surface area contributed by atoms with Crippen LogP contribution < -0.4 is 0 Å². The van der Waals surface area contributed by atoms with Gasteiger partial charge in [0.05, 0.1) is 10.2 Å². The van der Waals surface area contributed by atoms with Gasteiger partial charge in [-0.15, -0.1) is 0 Å². The maximum atomic E-state index is 4.71. The van der Waals surface area contributed by atoms with Crippen molar-refractivity contribution in [1.29, 1.82) is 0 Å². The summed E-state index contributed by atoms with van der Waals surface area (Å²) < 4.78 is 3.19. The molecule has 1 aliphatic rings. The van der Waals surface area contributed by atoms with Crippen LogP contribution in [-0.2, 0) is 0 Å². The van der Waals surface area contributed by atoms with E-state index >= 15 is 0 Å². The van der Waals surface area contributed by atoms with Crippen molar-refractivity contribution >= 4 is 21.6 Å². The Morgan fingerprint density at radius 3 is 2.87 bits per heavy atom. The first-order chi connectivity index (χ1) is 7.34. The summed E-state index contributed by atoms with van der Waals surface area (Å²) in [5.41, 5.74) is 2.30. The van der Waals surface area contributed by atoms with Crippen LogP contribution in [-0.4, -0.2) is 9.38 Å². The lowest BCUT2D eigenvalue weighted by Gasteiger charge is -2.02. The van der Waals surface area contributed by atoms with Gasteiger partial charge in [-0.25, -0.2) is 4.98 Å². The predicted molar refractivity (Wildman–Crippen MR) is 64.1 cm³/mol. The minimum Gasteiger partial charge on any atom is -0.306 e. The number of fused-ring (bicyclic) bond motifs is 1. The van der Waals surface area contributed by atoms with Crippen LogP contribution in [0, 0.1) is 0 Å². The molecule has 0 saturated heterocycles. The van der Waals surface area contributed by atoms with Crippen molar-refractivity contribution in [2.24, 2.45) is 0 Å². The molecule has 2 aromatic rings. The second kappa shape index (κ2) is 3.63. The predicted octanol–water partition coefficient (Wildman–Crippen LogP) is 3.75. The van der Waals surface area contributed by atoms with Crippen molar-refractivity contribution in [3.05, 3.63) is 34.7 Å². The third-order valence-corrected chi connectivity index (χ3v) is 3.85. The van der Waals surface area contributed by atoms with E-state index in [9.17, 15) is 0 Å². The molecule has 0 spiro atoms. The molecule has 1 aliphatic carbocycles. The van der Waals surface area contributed by atoms with Gasteiger partial charge in [0.25, 0.3) is 0 Å². The second-order valence-corrected chi connectivity index (χ2v) is 5.09. The van der Waals surface area contributed by atoms with Crippen LogP contribution in [0.15, 0.2) is 29.0 Å². The van der Waals surface area contributed by atoms with Gasteiger partial charge in [0, 0.05) is 18.3 Å². The molecule has 15 heavy (non-hydrogen) atoms. The summed E-state index contributed by atoms with van der Waals surface area (Å²) in [6, 6.07) is 4.08. The van der Waals surface area contributed by atoms with E-state index in [0.717, 1.165) is 10.1 Å². The SMILES string of the molecule is Brc1cccn2cc(C3CCCC3)nc12. The second-order valence-electron chi connectivity index (χ2n) is 4.23. The standard InChI is InChI=1S/C12H13BrN2/c13-10-6-3-7-15-8-11(14-12(10)15)9-4-1-2-5-9/h3,6-9H,1-2,4-5H2. The summed E-state index contributed by atoms with van der Waals surface area (Å²) in [5, 5.41) is 0. The molecule has 0 amide bonds. The van der Waals surface area contributed by atoms with E-state index in [1.54, 1.807) is 0 Å². The highest BCUT2D eigenvalue weighted by Crippen LogP contribution is 2.34. The quantitative estimate of drug-likeness (QED) is 0.767. The summed E-state index contributed by atoms with van der Waals surface area (Å²) >= 11 is 3.54. The molecule has 1 saturated carbocycles. The van der Waals surface area contributed by atoms with E-state index in [0.29, 0.717) is 5.92 Å². The van der Waals surface area contributed by atoms with E-state index in [2.05, 4.69) is 32.7 Å². The number of aromatic nitrogens is 2. The van der Waals surface area contributed by atoms with E-state index in [4.69, 9.17) is 4.98 Å². The van der Waals surface area contributed by atoms with Crippen LogP contribution in [0.4, 0.5) is 0 Å². The molecule has 0 aliphatic heterocycles. The molecular formula is C12H13BrN2. The number of hydrogen-bond acceptors (Lipinski definition) is 1. The van der Waals surface area contributed by atoms with E-state index in [-0.39, 0.29) is 0 Å².